The van der Waals surface area contributed by atoms with E-state index in [1.54, 1.807) is 0 Å². The Hall–Kier alpha value is -1.69. The molecule has 3 atom stereocenters. The molecule has 2 aromatic rings. The zero-order valence-corrected chi connectivity index (χ0v) is 15.8. The van der Waals surface area contributed by atoms with Crippen molar-refractivity contribution in [2.24, 2.45) is 13.0 Å². The van der Waals surface area contributed by atoms with Crippen LogP contribution in [-0.2, 0) is 18.3 Å². The molecule has 0 unspecified atom stereocenters. The van der Waals surface area contributed by atoms with Crippen molar-refractivity contribution in [2.45, 2.75) is 44.4 Å². The summed E-state index contributed by atoms with van der Waals surface area (Å²) in [7, 11) is 1.98. The number of aliphatic hydroxyl groups is 1. The van der Waals surface area contributed by atoms with E-state index in [-0.39, 0.29) is 5.92 Å². The maximum atomic E-state index is 10.9. The lowest BCUT2D eigenvalue weighted by atomic mass is 9.79. The molecule has 1 aromatic carbocycles. The van der Waals surface area contributed by atoms with Gasteiger partial charge in [0.25, 0.3) is 0 Å². The molecule has 1 aromatic heterocycles. The fourth-order valence-corrected chi connectivity index (χ4v) is 4.59. The summed E-state index contributed by atoms with van der Waals surface area (Å²) in [5, 5.41) is 15.6. The molecular weight excluding hydrogens is 326 g/mol. The predicted molar refractivity (Wildman–Crippen MR) is 102 cm³/mol. The molecule has 2 aliphatic rings. The van der Waals surface area contributed by atoms with E-state index in [1.807, 2.05) is 24.7 Å². The minimum absolute atomic E-state index is 0.176. The highest BCUT2D eigenvalue weighted by atomic mass is 16.5. The second-order valence-corrected chi connectivity index (χ2v) is 8.01. The van der Waals surface area contributed by atoms with Crippen LogP contribution < -0.4 is 0 Å². The molecule has 0 aliphatic carbocycles. The van der Waals surface area contributed by atoms with Crippen molar-refractivity contribution in [3.8, 4) is 11.3 Å². The molecular formula is C21H29N3O2. The second kappa shape index (κ2) is 7.14. The molecule has 1 N–H and O–H groups in total. The van der Waals surface area contributed by atoms with Crippen molar-refractivity contribution in [3.05, 3.63) is 42.1 Å². The van der Waals surface area contributed by atoms with Gasteiger partial charge in [0.15, 0.2) is 0 Å². The van der Waals surface area contributed by atoms with Gasteiger partial charge in [0.2, 0.25) is 0 Å². The maximum Gasteiger partial charge on any atom is 0.0968 e. The number of hydrogen-bond acceptors (Lipinski definition) is 4. The summed E-state index contributed by atoms with van der Waals surface area (Å²) in [4.78, 5) is 2.53. The van der Waals surface area contributed by atoms with E-state index in [0.29, 0.717) is 19.3 Å². The largest absolute Gasteiger partial charge is 0.390 e. The standard InChI is InChI=1S/C21H29N3O2/c1-21(25)10-12-26-15-18(21)19-9-6-11-24(19)14-17-13-23(2)22-20(17)16-7-4-3-5-8-16/h3-5,7-8,13,18-19,25H,6,9-12,14-15H2,1-2H3/t18-,19+,21-/m0/s1. The van der Waals surface area contributed by atoms with Crippen LogP contribution in [0, 0.1) is 5.92 Å². The second-order valence-electron chi connectivity index (χ2n) is 8.01. The molecule has 5 heteroatoms. The Bertz CT molecular complexity index is 741. The summed E-state index contributed by atoms with van der Waals surface area (Å²) in [6, 6.07) is 10.8. The summed E-state index contributed by atoms with van der Waals surface area (Å²) in [5.41, 5.74) is 2.84. The van der Waals surface area contributed by atoms with Gasteiger partial charge in [0.1, 0.15) is 0 Å². The molecule has 4 rings (SSSR count). The highest BCUT2D eigenvalue weighted by Gasteiger charge is 2.44. The molecule has 0 saturated carbocycles. The number of likely N-dealkylation sites (tertiary alicyclic amines) is 1. The third kappa shape index (κ3) is 3.43. The lowest BCUT2D eigenvalue weighted by molar-refractivity contribution is -0.123. The van der Waals surface area contributed by atoms with Gasteiger partial charge in [0.05, 0.1) is 17.9 Å². The smallest absolute Gasteiger partial charge is 0.0968 e. The van der Waals surface area contributed by atoms with E-state index in [1.165, 1.54) is 12.0 Å². The van der Waals surface area contributed by atoms with E-state index in [2.05, 4.69) is 35.4 Å². The zero-order chi connectivity index (χ0) is 18.1. The fraction of sp³-hybridized carbons (Fsp3) is 0.571. The Kier molecular flexibility index (Phi) is 4.86. The van der Waals surface area contributed by atoms with E-state index < -0.39 is 5.60 Å². The number of ether oxygens (including phenoxy) is 1. The summed E-state index contributed by atoms with van der Waals surface area (Å²) in [6.07, 6.45) is 5.17. The monoisotopic (exact) mass is 355 g/mol. The van der Waals surface area contributed by atoms with Crippen LogP contribution in [0.1, 0.15) is 31.7 Å². The predicted octanol–water partition coefficient (Wildman–Crippen LogP) is 2.84. The van der Waals surface area contributed by atoms with Gasteiger partial charge < -0.3 is 9.84 Å². The van der Waals surface area contributed by atoms with Gasteiger partial charge in [0, 0.05) is 49.5 Å². The Labute approximate surface area is 155 Å². The summed E-state index contributed by atoms with van der Waals surface area (Å²) in [5.74, 6) is 0.176. The zero-order valence-electron chi connectivity index (χ0n) is 15.8. The Balaban J connectivity index is 1.57. The van der Waals surface area contributed by atoms with Gasteiger partial charge in [-0.25, -0.2) is 0 Å². The first kappa shape index (κ1) is 17.7. The Morgan fingerprint density at radius 3 is 2.88 bits per heavy atom. The molecule has 0 spiro atoms. The van der Waals surface area contributed by atoms with Crippen molar-refractivity contribution in [3.63, 3.8) is 0 Å². The molecule has 2 saturated heterocycles. The SMILES string of the molecule is Cn1cc(CN2CCC[C@@H]2[C@@H]2COCC[C@]2(C)O)c(-c2ccccc2)n1. The molecule has 0 bridgehead atoms. The van der Waals surface area contributed by atoms with E-state index in [4.69, 9.17) is 9.84 Å². The summed E-state index contributed by atoms with van der Waals surface area (Å²) in [6.45, 7) is 5.25. The van der Waals surface area contributed by atoms with E-state index >= 15 is 0 Å². The van der Waals surface area contributed by atoms with Crippen LogP contribution in [0.5, 0.6) is 0 Å². The third-order valence-electron chi connectivity index (χ3n) is 6.05. The molecule has 2 fully saturated rings. The first-order chi connectivity index (χ1) is 12.5. The van der Waals surface area contributed by atoms with Crippen molar-refractivity contribution >= 4 is 0 Å². The van der Waals surface area contributed by atoms with Gasteiger partial charge in [-0.2, -0.15) is 5.10 Å². The van der Waals surface area contributed by atoms with Crippen molar-refractivity contribution < 1.29 is 9.84 Å². The Morgan fingerprint density at radius 2 is 2.12 bits per heavy atom. The molecule has 0 radical (unpaired) electrons. The third-order valence-corrected chi connectivity index (χ3v) is 6.05. The van der Waals surface area contributed by atoms with Crippen LogP contribution >= 0.6 is 0 Å². The molecule has 5 nitrogen and oxygen atoms in total. The number of benzene rings is 1. The van der Waals surface area contributed by atoms with E-state index in [0.717, 1.165) is 37.2 Å². The average molecular weight is 355 g/mol. The van der Waals surface area contributed by atoms with Crippen LogP contribution in [0.2, 0.25) is 0 Å². The molecule has 0 amide bonds. The first-order valence-electron chi connectivity index (χ1n) is 9.67. The van der Waals surface area contributed by atoms with Gasteiger partial charge in [-0.15, -0.1) is 0 Å². The number of aromatic nitrogens is 2. The lowest BCUT2D eigenvalue weighted by Crippen LogP contribution is -2.52. The number of hydrogen-bond donors (Lipinski definition) is 1. The van der Waals surface area contributed by atoms with Gasteiger partial charge in [-0.3, -0.25) is 9.58 Å². The number of rotatable bonds is 4. The summed E-state index contributed by atoms with van der Waals surface area (Å²) >= 11 is 0. The number of nitrogens with zero attached hydrogens (tertiary/aromatic N) is 3. The van der Waals surface area contributed by atoms with Gasteiger partial charge >= 0.3 is 0 Å². The normalized spacial score (nSPS) is 30.0. The highest BCUT2D eigenvalue weighted by molar-refractivity contribution is 5.62. The van der Waals surface area contributed by atoms with Crippen LogP contribution in [0.25, 0.3) is 11.3 Å². The quantitative estimate of drug-likeness (QED) is 0.916. The van der Waals surface area contributed by atoms with Crippen molar-refractivity contribution in [2.75, 3.05) is 19.8 Å². The first-order valence-corrected chi connectivity index (χ1v) is 9.67. The fourth-order valence-electron chi connectivity index (χ4n) is 4.59. The average Bonchev–Trinajstić information content (AvgIpc) is 3.22. The lowest BCUT2D eigenvalue weighted by Gasteiger charge is -2.43. The Morgan fingerprint density at radius 1 is 1.31 bits per heavy atom. The van der Waals surface area contributed by atoms with Crippen molar-refractivity contribution in [1.82, 2.24) is 14.7 Å². The van der Waals surface area contributed by atoms with Crippen LogP contribution in [0.3, 0.4) is 0 Å². The van der Waals surface area contributed by atoms with Gasteiger partial charge in [-0.05, 0) is 32.7 Å². The van der Waals surface area contributed by atoms with Crippen LogP contribution in [-0.4, -0.2) is 51.2 Å². The molecule has 26 heavy (non-hydrogen) atoms. The van der Waals surface area contributed by atoms with Gasteiger partial charge in [-0.1, -0.05) is 30.3 Å². The number of aryl methyl sites for hydroxylation is 1. The summed E-state index contributed by atoms with van der Waals surface area (Å²) < 4.78 is 7.63. The van der Waals surface area contributed by atoms with E-state index in [9.17, 15) is 5.11 Å². The maximum absolute atomic E-state index is 10.9. The topological polar surface area (TPSA) is 50.5 Å². The molecule has 3 heterocycles. The minimum Gasteiger partial charge on any atom is -0.390 e. The molecule has 2 aliphatic heterocycles. The highest BCUT2D eigenvalue weighted by Crippen LogP contribution is 2.37. The van der Waals surface area contributed by atoms with Crippen LogP contribution in [0.15, 0.2) is 36.5 Å². The van der Waals surface area contributed by atoms with Crippen molar-refractivity contribution in [1.29, 1.82) is 0 Å². The molecule has 140 valence electrons. The van der Waals surface area contributed by atoms with Crippen LogP contribution in [0.4, 0.5) is 0 Å². The minimum atomic E-state index is -0.636.